The Bertz CT molecular complexity index is 1370. The van der Waals surface area contributed by atoms with Crippen LogP contribution < -0.4 is 4.74 Å². The highest BCUT2D eigenvalue weighted by molar-refractivity contribution is 7.22. The van der Waals surface area contributed by atoms with Gasteiger partial charge in [-0.1, -0.05) is 31.4 Å². The summed E-state index contributed by atoms with van der Waals surface area (Å²) in [5.74, 6) is 1.45. The van der Waals surface area contributed by atoms with E-state index in [1.54, 1.807) is 29.5 Å². The number of benzene rings is 3. The Hall–Kier alpha value is -3.06. The molecule has 1 saturated carbocycles. The van der Waals surface area contributed by atoms with Crippen LogP contribution in [0, 0.1) is 0 Å². The zero-order chi connectivity index (χ0) is 28.6. The first-order valence-corrected chi connectivity index (χ1v) is 15.9. The second kappa shape index (κ2) is 14.2. The third-order valence-electron chi connectivity index (χ3n) is 8.39. The van der Waals surface area contributed by atoms with E-state index in [9.17, 15) is 10.2 Å². The minimum atomic E-state index is 0.273. The van der Waals surface area contributed by atoms with Crippen LogP contribution in [-0.4, -0.2) is 66.4 Å². The number of nitrogens with zero attached hydrogens (tertiary/aromatic N) is 2. The standard InChI is InChI=1S/C27H27NO3S.C8H17N/c29-21-7-3-19(4-8-21)17-25-24-12-9-22(30)18-26(24)32-27(25)20-5-10-23(11-6-20)31-16-15-28-13-1-2-14-28;1-9(2)8-6-4-3-5-7-8/h3-12,18,29-30H,1-2,13-17H2;8H,3-7H2,1-2H3. The molecule has 0 radical (unpaired) electrons. The van der Waals surface area contributed by atoms with Gasteiger partial charge in [0.05, 0.1) is 0 Å². The van der Waals surface area contributed by atoms with Crippen molar-refractivity contribution in [3.8, 4) is 27.7 Å². The molecule has 0 bridgehead atoms. The second-order valence-corrected chi connectivity index (χ2v) is 12.7. The van der Waals surface area contributed by atoms with Gasteiger partial charge in [-0.25, -0.2) is 0 Å². The largest absolute Gasteiger partial charge is 0.508 e. The SMILES string of the molecule is CN(C)C1CCCCC1.Oc1ccc(Cc2c(-c3ccc(OCCN4CCCC4)cc3)sc3cc(O)ccc23)cc1. The summed E-state index contributed by atoms with van der Waals surface area (Å²) < 4.78 is 7.04. The molecule has 41 heavy (non-hydrogen) atoms. The molecule has 6 heteroatoms. The number of aromatic hydroxyl groups is 2. The zero-order valence-electron chi connectivity index (χ0n) is 24.5. The van der Waals surface area contributed by atoms with Gasteiger partial charge in [-0.05, 0) is 136 Å². The van der Waals surface area contributed by atoms with E-state index < -0.39 is 0 Å². The summed E-state index contributed by atoms with van der Waals surface area (Å²) in [6.07, 6.45) is 10.6. The van der Waals surface area contributed by atoms with Crippen molar-refractivity contribution in [2.75, 3.05) is 40.3 Å². The van der Waals surface area contributed by atoms with Crippen molar-refractivity contribution < 1.29 is 14.9 Å². The van der Waals surface area contributed by atoms with Crippen molar-refractivity contribution in [2.24, 2.45) is 0 Å². The molecule has 2 N–H and O–H groups in total. The summed E-state index contributed by atoms with van der Waals surface area (Å²) in [6.45, 7) is 4.08. The van der Waals surface area contributed by atoms with Crippen molar-refractivity contribution in [1.82, 2.24) is 9.80 Å². The predicted octanol–water partition coefficient (Wildman–Crippen LogP) is 7.93. The molecule has 4 aromatic rings. The fourth-order valence-electron chi connectivity index (χ4n) is 5.96. The molecule has 2 fully saturated rings. The third kappa shape index (κ3) is 8.03. The highest BCUT2D eigenvalue weighted by atomic mass is 32.1. The van der Waals surface area contributed by atoms with Crippen LogP contribution in [0.4, 0.5) is 0 Å². The molecule has 0 amide bonds. The molecule has 1 aliphatic heterocycles. The number of rotatable bonds is 8. The number of phenols is 2. The van der Waals surface area contributed by atoms with Crippen molar-refractivity contribution >= 4 is 21.4 Å². The Kier molecular flexibility index (Phi) is 10.2. The number of fused-ring (bicyclic) bond motifs is 1. The summed E-state index contributed by atoms with van der Waals surface area (Å²) >= 11 is 1.70. The van der Waals surface area contributed by atoms with Crippen LogP contribution in [-0.2, 0) is 6.42 Å². The summed E-state index contributed by atoms with van der Waals surface area (Å²) in [4.78, 5) is 6.01. The molecule has 0 spiro atoms. The molecule has 0 atom stereocenters. The first kappa shape index (κ1) is 29.4. The second-order valence-electron chi connectivity index (χ2n) is 11.6. The summed E-state index contributed by atoms with van der Waals surface area (Å²) in [6, 6.07) is 22.2. The number of hydrogen-bond donors (Lipinski definition) is 2. The quantitative estimate of drug-likeness (QED) is 0.225. The maximum atomic E-state index is 9.98. The van der Waals surface area contributed by atoms with Crippen LogP contribution >= 0.6 is 11.3 Å². The zero-order valence-corrected chi connectivity index (χ0v) is 25.3. The van der Waals surface area contributed by atoms with E-state index in [-0.39, 0.29) is 11.5 Å². The van der Waals surface area contributed by atoms with Gasteiger partial charge in [0.2, 0.25) is 0 Å². The van der Waals surface area contributed by atoms with Crippen molar-refractivity contribution in [3.05, 3.63) is 77.9 Å². The summed E-state index contributed by atoms with van der Waals surface area (Å²) in [5.41, 5.74) is 3.52. The van der Waals surface area contributed by atoms with Crippen LogP contribution in [0.25, 0.3) is 20.5 Å². The fourth-order valence-corrected chi connectivity index (χ4v) is 7.22. The van der Waals surface area contributed by atoms with Crippen LogP contribution in [0.1, 0.15) is 56.1 Å². The van der Waals surface area contributed by atoms with E-state index in [1.165, 1.54) is 68.5 Å². The molecular weight excluding hydrogens is 528 g/mol. The lowest BCUT2D eigenvalue weighted by Crippen LogP contribution is -2.29. The smallest absolute Gasteiger partial charge is 0.119 e. The topological polar surface area (TPSA) is 56.2 Å². The predicted molar refractivity (Wildman–Crippen MR) is 172 cm³/mol. The van der Waals surface area contributed by atoms with E-state index in [1.807, 2.05) is 36.4 Å². The average Bonchev–Trinajstić information content (AvgIpc) is 3.63. The molecule has 1 aromatic heterocycles. The minimum Gasteiger partial charge on any atom is -0.508 e. The Morgan fingerprint density at radius 1 is 0.829 bits per heavy atom. The maximum absolute atomic E-state index is 9.98. The van der Waals surface area contributed by atoms with E-state index in [4.69, 9.17) is 4.74 Å². The van der Waals surface area contributed by atoms with Crippen molar-refractivity contribution in [2.45, 2.75) is 57.4 Å². The van der Waals surface area contributed by atoms with Crippen LogP contribution in [0.3, 0.4) is 0 Å². The Labute approximate surface area is 249 Å². The van der Waals surface area contributed by atoms with Crippen LogP contribution in [0.15, 0.2) is 66.7 Å². The van der Waals surface area contributed by atoms with Gasteiger partial charge in [0.15, 0.2) is 0 Å². The van der Waals surface area contributed by atoms with Crippen molar-refractivity contribution in [3.63, 3.8) is 0 Å². The Morgan fingerprint density at radius 3 is 2.17 bits per heavy atom. The van der Waals surface area contributed by atoms with Gasteiger partial charge in [0, 0.05) is 22.2 Å². The van der Waals surface area contributed by atoms with Crippen molar-refractivity contribution in [1.29, 1.82) is 0 Å². The summed E-state index contributed by atoms with van der Waals surface area (Å²) in [7, 11) is 4.38. The molecule has 5 nitrogen and oxygen atoms in total. The lowest BCUT2D eigenvalue weighted by Gasteiger charge is -2.27. The fraction of sp³-hybridized carbons (Fsp3) is 0.429. The van der Waals surface area contributed by atoms with Crippen LogP contribution in [0.2, 0.25) is 0 Å². The number of thiophene rings is 1. The first-order chi connectivity index (χ1) is 20.0. The van der Waals surface area contributed by atoms with Gasteiger partial charge < -0.3 is 19.8 Å². The molecular formula is C35H44N2O3S. The minimum absolute atomic E-state index is 0.273. The van der Waals surface area contributed by atoms with E-state index in [2.05, 4.69) is 36.0 Å². The van der Waals surface area contributed by atoms with Gasteiger partial charge in [-0.2, -0.15) is 0 Å². The number of hydrogen-bond acceptors (Lipinski definition) is 6. The van der Waals surface area contributed by atoms with Gasteiger partial charge in [0.1, 0.15) is 23.9 Å². The van der Waals surface area contributed by atoms with Gasteiger partial charge >= 0.3 is 0 Å². The number of likely N-dealkylation sites (tertiary alicyclic amines) is 1. The third-order valence-corrected chi connectivity index (χ3v) is 9.63. The number of ether oxygens (including phenoxy) is 1. The number of phenolic OH excluding ortho intramolecular Hbond substituents is 2. The van der Waals surface area contributed by atoms with E-state index >= 15 is 0 Å². The van der Waals surface area contributed by atoms with Gasteiger partial charge in [0.25, 0.3) is 0 Å². The van der Waals surface area contributed by atoms with Gasteiger partial charge in [-0.15, -0.1) is 11.3 Å². The Balaban J connectivity index is 0.000000321. The highest BCUT2D eigenvalue weighted by Gasteiger charge is 2.16. The molecule has 0 unspecified atom stereocenters. The van der Waals surface area contributed by atoms with E-state index in [0.29, 0.717) is 6.61 Å². The molecule has 218 valence electrons. The highest BCUT2D eigenvalue weighted by Crippen LogP contribution is 2.41. The molecule has 6 rings (SSSR count). The maximum Gasteiger partial charge on any atom is 0.119 e. The lowest BCUT2D eigenvalue weighted by molar-refractivity contribution is 0.229. The molecule has 1 aliphatic carbocycles. The Morgan fingerprint density at radius 2 is 1.51 bits per heavy atom. The lowest BCUT2D eigenvalue weighted by atomic mass is 9.95. The molecule has 2 heterocycles. The monoisotopic (exact) mass is 572 g/mol. The summed E-state index contributed by atoms with van der Waals surface area (Å²) in [5, 5.41) is 20.8. The average molecular weight is 573 g/mol. The normalized spacial score (nSPS) is 16.2. The van der Waals surface area contributed by atoms with Gasteiger partial charge in [-0.3, -0.25) is 4.90 Å². The van der Waals surface area contributed by atoms with E-state index in [0.717, 1.165) is 46.0 Å². The molecule has 3 aromatic carbocycles. The molecule has 2 aliphatic rings. The van der Waals surface area contributed by atoms with Crippen LogP contribution in [0.5, 0.6) is 17.2 Å². The first-order valence-electron chi connectivity index (χ1n) is 15.1. The molecule has 1 saturated heterocycles.